The Balaban J connectivity index is 2.41. The van der Waals surface area contributed by atoms with Crippen molar-refractivity contribution < 1.29 is 9.59 Å². The molecule has 0 saturated heterocycles. The van der Waals surface area contributed by atoms with Crippen LogP contribution in [0.1, 0.15) is 29.8 Å². The maximum atomic E-state index is 11.4. The molecule has 0 saturated carbocycles. The summed E-state index contributed by atoms with van der Waals surface area (Å²) in [6, 6.07) is 9.84. The van der Waals surface area contributed by atoms with Crippen LogP contribution in [0.2, 0.25) is 0 Å². The van der Waals surface area contributed by atoms with E-state index in [1.807, 2.05) is 12.1 Å². The molecule has 2 rings (SSSR count). The molecule has 20 heavy (non-hydrogen) atoms. The van der Waals surface area contributed by atoms with Crippen molar-refractivity contribution >= 4 is 28.2 Å². The van der Waals surface area contributed by atoms with Crippen molar-refractivity contribution in [2.24, 2.45) is 5.73 Å². The van der Waals surface area contributed by atoms with Crippen LogP contribution in [0.25, 0.3) is 10.4 Å². The van der Waals surface area contributed by atoms with Crippen LogP contribution in [0, 0.1) is 0 Å². The molecule has 0 spiro atoms. The van der Waals surface area contributed by atoms with Gasteiger partial charge < -0.3 is 11.1 Å². The van der Waals surface area contributed by atoms with Gasteiger partial charge in [-0.3, -0.25) is 9.59 Å². The van der Waals surface area contributed by atoms with Gasteiger partial charge in [0.25, 0.3) is 5.91 Å². The summed E-state index contributed by atoms with van der Waals surface area (Å²) in [6.07, 6.45) is 0.981. The molecule has 0 aliphatic rings. The zero-order valence-corrected chi connectivity index (χ0v) is 12.2. The third kappa shape index (κ3) is 3.05. The molecule has 1 aromatic heterocycles. The minimum Gasteiger partial charge on any atom is -0.366 e. The molecule has 0 fully saturated rings. The average molecular weight is 288 g/mol. The highest BCUT2D eigenvalue weighted by atomic mass is 32.1. The lowest BCUT2D eigenvalue weighted by molar-refractivity contribution is -0.114. The summed E-state index contributed by atoms with van der Waals surface area (Å²) in [7, 11) is 0. The second-order valence-corrected chi connectivity index (χ2v) is 5.50. The van der Waals surface area contributed by atoms with Crippen LogP contribution in [-0.2, 0) is 11.2 Å². The lowest BCUT2D eigenvalue weighted by Crippen LogP contribution is -2.14. The highest BCUT2D eigenvalue weighted by Crippen LogP contribution is 2.35. The molecular formula is C15H16N2O2S. The Morgan fingerprint density at radius 2 is 1.90 bits per heavy atom. The first-order chi connectivity index (χ1) is 9.51. The van der Waals surface area contributed by atoms with E-state index >= 15 is 0 Å². The predicted molar refractivity (Wildman–Crippen MR) is 82.0 cm³/mol. The Kier molecular flexibility index (Phi) is 4.20. The number of carbonyl (C=O) groups excluding carboxylic acids is 2. The Morgan fingerprint density at radius 1 is 1.25 bits per heavy atom. The van der Waals surface area contributed by atoms with E-state index in [-0.39, 0.29) is 5.91 Å². The molecule has 3 N–H and O–H groups in total. The minimum absolute atomic E-state index is 0.220. The largest absolute Gasteiger partial charge is 0.366 e. The van der Waals surface area contributed by atoms with Crippen LogP contribution in [-0.4, -0.2) is 11.8 Å². The molecule has 1 heterocycles. The van der Waals surface area contributed by atoms with Crippen molar-refractivity contribution in [1.82, 2.24) is 0 Å². The number of nitrogens with two attached hydrogens (primary N) is 1. The molecule has 4 nitrogen and oxygen atoms in total. The first kappa shape index (κ1) is 14.3. The second kappa shape index (κ2) is 5.88. The van der Waals surface area contributed by atoms with Gasteiger partial charge in [-0.1, -0.05) is 31.2 Å². The number of hydrogen-bond donors (Lipinski definition) is 2. The molecule has 104 valence electrons. The molecule has 2 amide bonds. The maximum absolute atomic E-state index is 11.4. The Bertz CT molecular complexity index is 644. The summed E-state index contributed by atoms with van der Waals surface area (Å²) in [5, 5.41) is 3.15. The Morgan fingerprint density at radius 3 is 2.40 bits per heavy atom. The molecule has 0 atom stereocenters. The number of nitrogens with one attached hydrogen (secondary N) is 1. The predicted octanol–water partition coefficient (Wildman–Crippen LogP) is 3.03. The number of primary amides is 1. The summed E-state index contributed by atoms with van der Waals surface area (Å²) in [5.74, 6) is -0.761. The van der Waals surface area contributed by atoms with Crippen molar-refractivity contribution in [3.63, 3.8) is 0 Å². The summed E-state index contributed by atoms with van der Waals surface area (Å²) in [4.78, 5) is 23.5. The number of aryl methyl sites for hydroxylation is 1. The van der Waals surface area contributed by atoms with Gasteiger partial charge in [-0.2, -0.15) is 0 Å². The standard InChI is InChI=1S/C15H16N2O2S/c1-3-10-4-6-11(7-5-10)13-8-12(14(16)19)15(20-13)17-9(2)18/h4-8H,3H2,1-2H3,(H2,16,19)(H,17,18). The summed E-state index contributed by atoms with van der Waals surface area (Å²) >= 11 is 1.35. The third-order valence-electron chi connectivity index (χ3n) is 2.93. The van der Waals surface area contributed by atoms with Crippen molar-refractivity contribution in [3.8, 4) is 10.4 Å². The quantitative estimate of drug-likeness (QED) is 0.907. The van der Waals surface area contributed by atoms with Crippen molar-refractivity contribution in [1.29, 1.82) is 0 Å². The average Bonchev–Trinajstić information content (AvgIpc) is 2.82. The van der Waals surface area contributed by atoms with Gasteiger partial charge in [0.15, 0.2) is 0 Å². The fourth-order valence-corrected chi connectivity index (χ4v) is 2.99. The lowest BCUT2D eigenvalue weighted by atomic mass is 10.1. The number of thiophene rings is 1. The molecule has 0 bridgehead atoms. The molecule has 0 aliphatic heterocycles. The summed E-state index contributed by atoms with van der Waals surface area (Å²) in [5.41, 5.74) is 7.95. The zero-order valence-electron chi connectivity index (χ0n) is 11.4. The maximum Gasteiger partial charge on any atom is 0.251 e. The van der Waals surface area contributed by atoms with Crippen LogP contribution in [0.4, 0.5) is 5.00 Å². The van der Waals surface area contributed by atoms with Crippen molar-refractivity contribution in [3.05, 3.63) is 41.5 Å². The van der Waals surface area contributed by atoms with Crippen LogP contribution in [0.15, 0.2) is 30.3 Å². The molecular weight excluding hydrogens is 272 g/mol. The molecule has 0 aliphatic carbocycles. The van der Waals surface area contributed by atoms with Gasteiger partial charge in [0.1, 0.15) is 5.00 Å². The highest BCUT2D eigenvalue weighted by molar-refractivity contribution is 7.20. The van der Waals surface area contributed by atoms with E-state index in [9.17, 15) is 9.59 Å². The monoisotopic (exact) mass is 288 g/mol. The van der Waals surface area contributed by atoms with E-state index in [1.165, 1.54) is 23.8 Å². The molecule has 2 aromatic rings. The normalized spacial score (nSPS) is 10.3. The number of rotatable bonds is 4. The summed E-state index contributed by atoms with van der Waals surface area (Å²) < 4.78 is 0. The van der Waals surface area contributed by atoms with Gasteiger partial charge in [-0.05, 0) is 23.6 Å². The smallest absolute Gasteiger partial charge is 0.251 e. The highest BCUT2D eigenvalue weighted by Gasteiger charge is 2.15. The van der Waals surface area contributed by atoms with E-state index in [4.69, 9.17) is 5.73 Å². The number of carbonyl (C=O) groups is 2. The molecule has 5 heteroatoms. The first-order valence-corrected chi connectivity index (χ1v) is 7.13. The van der Waals surface area contributed by atoms with Crippen LogP contribution in [0.5, 0.6) is 0 Å². The number of amides is 2. The third-order valence-corrected chi connectivity index (χ3v) is 4.03. The fraction of sp³-hybridized carbons (Fsp3) is 0.200. The van der Waals surface area contributed by atoms with Gasteiger partial charge in [-0.25, -0.2) is 0 Å². The van der Waals surface area contributed by atoms with Crippen molar-refractivity contribution in [2.45, 2.75) is 20.3 Å². The van der Waals surface area contributed by atoms with Crippen LogP contribution < -0.4 is 11.1 Å². The minimum atomic E-state index is -0.540. The van der Waals surface area contributed by atoms with Crippen LogP contribution in [0.3, 0.4) is 0 Å². The lowest BCUT2D eigenvalue weighted by Gasteiger charge is -2.00. The fourth-order valence-electron chi connectivity index (χ4n) is 1.87. The van der Waals surface area contributed by atoms with Gasteiger partial charge in [-0.15, -0.1) is 11.3 Å². The van der Waals surface area contributed by atoms with Gasteiger partial charge >= 0.3 is 0 Å². The van der Waals surface area contributed by atoms with Gasteiger partial charge in [0.05, 0.1) is 5.56 Å². The van der Waals surface area contributed by atoms with E-state index < -0.39 is 5.91 Å². The van der Waals surface area contributed by atoms with E-state index in [0.717, 1.165) is 16.9 Å². The second-order valence-electron chi connectivity index (χ2n) is 4.45. The number of benzene rings is 1. The first-order valence-electron chi connectivity index (χ1n) is 6.31. The van der Waals surface area contributed by atoms with E-state index in [1.54, 1.807) is 6.07 Å². The number of anilines is 1. The van der Waals surface area contributed by atoms with Gasteiger partial charge in [0, 0.05) is 11.8 Å². The SMILES string of the molecule is CCc1ccc(-c2cc(C(N)=O)c(NC(C)=O)s2)cc1. The molecule has 0 radical (unpaired) electrons. The molecule has 0 unspecified atom stereocenters. The Labute approximate surface area is 121 Å². The van der Waals surface area contributed by atoms with E-state index in [0.29, 0.717) is 10.6 Å². The van der Waals surface area contributed by atoms with Crippen LogP contribution >= 0.6 is 11.3 Å². The summed E-state index contributed by atoms with van der Waals surface area (Å²) in [6.45, 7) is 3.50. The zero-order chi connectivity index (χ0) is 14.7. The topological polar surface area (TPSA) is 72.2 Å². The van der Waals surface area contributed by atoms with E-state index in [2.05, 4.69) is 24.4 Å². The van der Waals surface area contributed by atoms with Crippen molar-refractivity contribution in [2.75, 3.05) is 5.32 Å². The molecule has 1 aromatic carbocycles. The van der Waals surface area contributed by atoms with Gasteiger partial charge in [0.2, 0.25) is 5.91 Å². The Hall–Kier alpha value is -2.14. The number of hydrogen-bond acceptors (Lipinski definition) is 3.